The summed E-state index contributed by atoms with van der Waals surface area (Å²) >= 11 is 4.95. The minimum Gasteiger partial charge on any atom is -0.389 e. The number of benzene rings is 2. The van der Waals surface area contributed by atoms with Crippen LogP contribution in [0.3, 0.4) is 0 Å². The van der Waals surface area contributed by atoms with E-state index in [9.17, 15) is 13.2 Å². The van der Waals surface area contributed by atoms with Gasteiger partial charge in [-0.25, -0.2) is 0 Å². The molecule has 3 N–H and O–H groups in total. The lowest BCUT2D eigenvalue weighted by Crippen LogP contribution is -2.14. The van der Waals surface area contributed by atoms with Crippen LogP contribution in [0.2, 0.25) is 0 Å². The number of rotatable bonds is 3. The fourth-order valence-corrected chi connectivity index (χ4v) is 2.18. The number of halogens is 3. The van der Waals surface area contributed by atoms with Gasteiger partial charge in [-0.1, -0.05) is 36.5 Å². The number of anilines is 2. The molecule has 2 rings (SSSR count). The molecule has 2 aromatic carbocycles. The fraction of sp³-hybridized carbons (Fsp3) is 0.133. The van der Waals surface area contributed by atoms with E-state index in [2.05, 4.69) is 5.32 Å². The van der Waals surface area contributed by atoms with Crippen molar-refractivity contribution in [3.05, 3.63) is 59.2 Å². The second kappa shape index (κ2) is 5.73. The van der Waals surface area contributed by atoms with Crippen molar-refractivity contribution in [2.75, 3.05) is 5.32 Å². The van der Waals surface area contributed by atoms with Gasteiger partial charge in [0.25, 0.3) is 0 Å². The highest BCUT2D eigenvalue weighted by Crippen LogP contribution is 2.36. The number of aryl methyl sites for hydroxylation is 1. The molecule has 0 radical (unpaired) electrons. The summed E-state index contributed by atoms with van der Waals surface area (Å²) in [4.78, 5) is 0.130. The molecule has 0 bridgehead atoms. The van der Waals surface area contributed by atoms with Crippen LogP contribution in [0.1, 0.15) is 16.7 Å². The van der Waals surface area contributed by atoms with E-state index < -0.39 is 11.7 Å². The first kappa shape index (κ1) is 15.3. The molecule has 21 heavy (non-hydrogen) atoms. The molecule has 0 aliphatic carbocycles. The molecule has 0 aromatic heterocycles. The molecular formula is C15H13F3N2S. The number of para-hydroxylation sites is 2. The van der Waals surface area contributed by atoms with Crippen molar-refractivity contribution in [3.63, 3.8) is 0 Å². The highest BCUT2D eigenvalue weighted by atomic mass is 32.1. The second-order valence-electron chi connectivity index (χ2n) is 4.53. The molecule has 0 aliphatic rings. The molecule has 110 valence electrons. The topological polar surface area (TPSA) is 38.0 Å². The molecule has 6 heteroatoms. The van der Waals surface area contributed by atoms with E-state index in [0.29, 0.717) is 11.3 Å². The third-order valence-corrected chi connectivity index (χ3v) is 3.25. The zero-order valence-electron chi connectivity index (χ0n) is 11.2. The van der Waals surface area contributed by atoms with Crippen LogP contribution in [0.4, 0.5) is 24.5 Å². The average molecular weight is 310 g/mol. The van der Waals surface area contributed by atoms with E-state index in [-0.39, 0.29) is 10.7 Å². The van der Waals surface area contributed by atoms with Gasteiger partial charge in [0.1, 0.15) is 4.99 Å². The normalized spacial score (nSPS) is 11.2. The summed E-state index contributed by atoms with van der Waals surface area (Å²) in [5, 5.41) is 2.81. The highest BCUT2D eigenvalue weighted by molar-refractivity contribution is 7.80. The van der Waals surface area contributed by atoms with Gasteiger partial charge in [0, 0.05) is 5.56 Å². The third-order valence-electron chi connectivity index (χ3n) is 3.03. The van der Waals surface area contributed by atoms with Crippen molar-refractivity contribution in [1.29, 1.82) is 0 Å². The molecule has 0 unspecified atom stereocenters. The predicted octanol–water partition coefficient (Wildman–Crippen LogP) is 4.39. The Morgan fingerprint density at radius 3 is 2.38 bits per heavy atom. The first-order valence-corrected chi connectivity index (χ1v) is 6.54. The summed E-state index contributed by atoms with van der Waals surface area (Å²) in [6, 6.07) is 10.5. The van der Waals surface area contributed by atoms with Gasteiger partial charge in [0.15, 0.2) is 0 Å². The highest BCUT2D eigenvalue weighted by Gasteiger charge is 2.33. The van der Waals surface area contributed by atoms with Gasteiger partial charge in [-0.15, -0.1) is 0 Å². The molecule has 0 atom stereocenters. The van der Waals surface area contributed by atoms with Crippen LogP contribution in [0.15, 0.2) is 42.5 Å². The van der Waals surface area contributed by atoms with Crippen molar-refractivity contribution in [2.45, 2.75) is 13.1 Å². The first-order chi connectivity index (χ1) is 9.80. The Kier molecular flexibility index (Phi) is 4.18. The number of nitrogens with one attached hydrogen (secondary N) is 1. The van der Waals surface area contributed by atoms with Crippen LogP contribution in [0.5, 0.6) is 0 Å². The molecule has 0 heterocycles. The Morgan fingerprint density at radius 2 is 1.76 bits per heavy atom. The van der Waals surface area contributed by atoms with E-state index in [1.807, 2.05) is 0 Å². The van der Waals surface area contributed by atoms with E-state index in [4.69, 9.17) is 18.0 Å². The van der Waals surface area contributed by atoms with Crippen molar-refractivity contribution in [2.24, 2.45) is 5.73 Å². The van der Waals surface area contributed by atoms with Crippen molar-refractivity contribution < 1.29 is 13.2 Å². The van der Waals surface area contributed by atoms with Gasteiger partial charge in [-0.05, 0) is 30.7 Å². The Bertz CT molecular complexity index is 681. The van der Waals surface area contributed by atoms with Gasteiger partial charge in [0.05, 0.1) is 16.9 Å². The summed E-state index contributed by atoms with van der Waals surface area (Å²) in [5.74, 6) is 0. The van der Waals surface area contributed by atoms with Gasteiger partial charge < -0.3 is 11.1 Å². The van der Waals surface area contributed by atoms with Crippen molar-refractivity contribution in [3.8, 4) is 0 Å². The van der Waals surface area contributed by atoms with Gasteiger partial charge in [-0.2, -0.15) is 13.2 Å². The quantitative estimate of drug-likeness (QED) is 0.826. The van der Waals surface area contributed by atoms with E-state index >= 15 is 0 Å². The Hall–Kier alpha value is -2.08. The lowest BCUT2D eigenvalue weighted by atomic mass is 10.1. The van der Waals surface area contributed by atoms with E-state index in [0.717, 1.165) is 11.6 Å². The summed E-state index contributed by atoms with van der Waals surface area (Å²) in [6.07, 6.45) is -4.43. The molecular weight excluding hydrogens is 297 g/mol. The van der Waals surface area contributed by atoms with Gasteiger partial charge >= 0.3 is 6.18 Å². The summed E-state index contributed by atoms with van der Waals surface area (Å²) in [6.45, 7) is 1.78. The zero-order valence-corrected chi connectivity index (χ0v) is 12.0. The number of alkyl halides is 3. The average Bonchev–Trinajstić information content (AvgIpc) is 2.40. The Labute approximate surface area is 125 Å². The molecule has 0 saturated carbocycles. The van der Waals surface area contributed by atoms with Crippen LogP contribution in [-0.2, 0) is 6.18 Å². The minimum absolute atomic E-state index is 0.0307. The summed E-state index contributed by atoms with van der Waals surface area (Å²) in [7, 11) is 0. The van der Waals surface area contributed by atoms with Gasteiger partial charge in [0.2, 0.25) is 0 Å². The van der Waals surface area contributed by atoms with E-state index in [1.165, 1.54) is 18.2 Å². The first-order valence-electron chi connectivity index (χ1n) is 6.13. The van der Waals surface area contributed by atoms with Crippen LogP contribution in [-0.4, -0.2) is 4.99 Å². The van der Waals surface area contributed by atoms with Crippen LogP contribution in [0.25, 0.3) is 0 Å². The molecule has 2 nitrogen and oxygen atoms in total. The SMILES string of the molecule is Cc1cccc(C(N)=S)c1Nc1ccccc1C(F)(F)F. The van der Waals surface area contributed by atoms with Crippen molar-refractivity contribution >= 4 is 28.6 Å². The van der Waals surface area contributed by atoms with Crippen LogP contribution < -0.4 is 11.1 Å². The van der Waals surface area contributed by atoms with Gasteiger partial charge in [-0.3, -0.25) is 0 Å². The minimum atomic E-state index is -4.43. The number of hydrogen-bond acceptors (Lipinski definition) is 2. The third kappa shape index (κ3) is 3.33. The maximum Gasteiger partial charge on any atom is 0.418 e. The molecule has 0 saturated heterocycles. The number of hydrogen-bond donors (Lipinski definition) is 2. The monoisotopic (exact) mass is 310 g/mol. The smallest absolute Gasteiger partial charge is 0.389 e. The Balaban J connectivity index is 2.52. The van der Waals surface area contributed by atoms with Crippen LogP contribution in [0, 0.1) is 6.92 Å². The maximum atomic E-state index is 13.0. The van der Waals surface area contributed by atoms with Crippen LogP contribution >= 0.6 is 12.2 Å². The second-order valence-corrected chi connectivity index (χ2v) is 4.97. The zero-order chi connectivity index (χ0) is 15.6. The summed E-state index contributed by atoms with van der Waals surface area (Å²) < 4.78 is 39.1. The maximum absolute atomic E-state index is 13.0. The fourth-order valence-electron chi connectivity index (χ4n) is 2.01. The van der Waals surface area contributed by atoms with E-state index in [1.54, 1.807) is 25.1 Å². The number of nitrogens with two attached hydrogens (primary N) is 1. The number of thiocarbonyl (C=S) groups is 1. The molecule has 2 aromatic rings. The lowest BCUT2D eigenvalue weighted by molar-refractivity contribution is -0.136. The standard InChI is InChI=1S/C15H13F3N2S/c1-9-5-4-6-10(14(19)21)13(9)20-12-8-3-2-7-11(12)15(16,17)18/h2-8,20H,1H3,(H2,19,21). The molecule has 0 spiro atoms. The molecule has 0 fully saturated rings. The van der Waals surface area contributed by atoms with Crippen molar-refractivity contribution in [1.82, 2.24) is 0 Å². The Morgan fingerprint density at radius 1 is 1.10 bits per heavy atom. The molecule has 0 aliphatic heterocycles. The molecule has 0 amide bonds. The lowest BCUT2D eigenvalue weighted by Gasteiger charge is -2.18. The predicted molar refractivity (Wildman–Crippen MR) is 81.8 cm³/mol. The largest absolute Gasteiger partial charge is 0.418 e. The summed E-state index contributed by atoms with van der Waals surface area (Å²) in [5.41, 5.74) is 6.63.